The summed E-state index contributed by atoms with van der Waals surface area (Å²) >= 11 is 3.34. The maximum atomic E-state index is 12.4. The second-order valence-corrected chi connectivity index (χ2v) is 6.13. The lowest BCUT2D eigenvalue weighted by atomic mass is 10.2. The van der Waals surface area contributed by atoms with Gasteiger partial charge in [0.2, 0.25) is 5.43 Å². The van der Waals surface area contributed by atoms with Crippen molar-refractivity contribution in [3.63, 3.8) is 0 Å². The summed E-state index contributed by atoms with van der Waals surface area (Å²) in [6.45, 7) is 1.78. The van der Waals surface area contributed by atoms with Crippen LogP contribution in [-0.2, 0) is 0 Å². The summed E-state index contributed by atoms with van der Waals surface area (Å²) in [5.74, 6) is -0.539. The summed E-state index contributed by atoms with van der Waals surface area (Å²) in [5.41, 5.74) is 1.47. The standard InChI is InChI=1S/C18H14BrN3O2/c1-12-10-16(23)17(21-22(12)15-8-3-2-4-9-15)18(24)20-14-7-5-6-13(19)11-14/h2-11H,1H3,(H,20,24). The third kappa shape index (κ3) is 3.44. The maximum absolute atomic E-state index is 12.4. The van der Waals surface area contributed by atoms with Gasteiger partial charge in [0, 0.05) is 21.9 Å². The number of nitrogens with zero attached hydrogens (tertiary/aromatic N) is 2. The van der Waals surface area contributed by atoms with Crippen LogP contribution in [0.5, 0.6) is 0 Å². The molecule has 1 amide bonds. The number of rotatable bonds is 3. The van der Waals surface area contributed by atoms with Crippen LogP contribution in [0.15, 0.2) is 69.9 Å². The predicted octanol–water partition coefficient (Wildman–Crippen LogP) is 3.56. The number of aryl methyl sites for hydroxylation is 1. The van der Waals surface area contributed by atoms with E-state index < -0.39 is 11.3 Å². The summed E-state index contributed by atoms with van der Waals surface area (Å²) in [5, 5.41) is 6.93. The van der Waals surface area contributed by atoms with Crippen molar-refractivity contribution in [3.8, 4) is 5.69 Å². The summed E-state index contributed by atoms with van der Waals surface area (Å²) in [7, 11) is 0. The predicted molar refractivity (Wildman–Crippen MR) is 96.7 cm³/mol. The molecule has 0 aliphatic rings. The molecular weight excluding hydrogens is 370 g/mol. The van der Waals surface area contributed by atoms with E-state index in [-0.39, 0.29) is 5.69 Å². The third-order valence-electron chi connectivity index (χ3n) is 3.41. The number of nitrogens with one attached hydrogen (secondary N) is 1. The van der Waals surface area contributed by atoms with E-state index in [0.717, 1.165) is 10.2 Å². The van der Waals surface area contributed by atoms with Crippen LogP contribution in [-0.4, -0.2) is 15.7 Å². The topological polar surface area (TPSA) is 64.0 Å². The highest BCUT2D eigenvalue weighted by Crippen LogP contribution is 2.16. The van der Waals surface area contributed by atoms with Crippen molar-refractivity contribution in [2.45, 2.75) is 6.92 Å². The first-order valence-electron chi connectivity index (χ1n) is 7.28. The number of benzene rings is 2. The molecule has 1 heterocycles. The van der Waals surface area contributed by atoms with Gasteiger partial charge in [-0.2, -0.15) is 5.10 Å². The number of aromatic nitrogens is 2. The highest BCUT2D eigenvalue weighted by atomic mass is 79.9. The van der Waals surface area contributed by atoms with Gasteiger partial charge in [-0.3, -0.25) is 9.59 Å². The fourth-order valence-corrected chi connectivity index (χ4v) is 2.69. The van der Waals surface area contributed by atoms with Crippen LogP contribution in [0, 0.1) is 6.92 Å². The second kappa shape index (κ2) is 6.80. The molecule has 0 unspecified atom stereocenters. The van der Waals surface area contributed by atoms with Gasteiger partial charge in [0.25, 0.3) is 5.91 Å². The Morgan fingerprint density at radius 2 is 1.83 bits per heavy atom. The van der Waals surface area contributed by atoms with E-state index in [2.05, 4.69) is 26.3 Å². The van der Waals surface area contributed by atoms with Gasteiger partial charge in [-0.25, -0.2) is 4.68 Å². The molecule has 6 heteroatoms. The Morgan fingerprint density at radius 1 is 1.08 bits per heavy atom. The molecule has 3 rings (SSSR count). The molecule has 1 aromatic heterocycles. The molecule has 24 heavy (non-hydrogen) atoms. The normalized spacial score (nSPS) is 10.4. The number of carbonyl (C=O) groups excluding carboxylic acids is 1. The maximum Gasteiger partial charge on any atom is 0.280 e. The van der Waals surface area contributed by atoms with Crippen LogP contribution in [0.4, 0.5) is 5.69 Å². The van der Waals surface area contributed by atoms with Crippen molar-refractivity contribution in [2.75, 3.05) is 5.32 Å². The Hall–Kier alpha value is -2.73. The van der Waals surface area contributed by atoms with Crippen LogP contribution in [0.2, 0.25) is 0 Å². The summed E-state index contributed by atoms with van der Waals surface area (Å²) in [4.78, 5) is 24.6. The highest BCUT2D eigenvalue weighted by Gasteiger charge is 2.15. The molecule has 0 saturated carbocycles. The van der Waals surface area contributed by atoms with Gasteiger partial charge in [-0.05, 0) is 37.3 Å². The molecule has 0 spiro atoms. The molecule has 0 fully saturated rings. The van der Waals surface area contributed by atoms with E-state index in [1.54, 1.807) is 29.8 Å². The number of anilines is 1. The molecular formula is C18H14BrN3O2. The van der Waals surface area contributed by atoms with Gasteiger partial charge in [-0.1, -0.05) is 40.2 Å². The van der Waals surface area contributed by atoms with Gasteiger partial charge < -0.3 is 5.32 Å². The Bertz CT molecular complexity index is 952. The van der Waals surface area contributed by atoms with Crippen molar-refractivity contribution in [2.24, 2.45) is 0 Å². The lowest BCUT2D eigenvalue weighted by Gasteiger charge is -2.11. The van der Waals surface area contributed by atoms with E-state index >= 15 is 0 Å². The lowest BCUT2D eigenvalue weighted by Crippen LogP contribution is -2.26. The largest absolute Gasteiger partial charge is 0.320 e. The minimum Gasteiger partial charge on any atom is -0.320 e. The van der Waals surface area contributed by atoms with Gasteiger partial charge in [-0.15, -0.1) is 0 Å². The smallest absolute Gasteiger partial charge is 0.280 e. The monoisotopic (exact) mass is 383 g/mol. The summed E-state index contributed by atoms with van der Waals surface area (Å²) in [6.07, 6.45) is 0. The molecule has 5 nitrogen and oxygen atoms in total. The van der Waals surface area contributed by atoms with Gasteiger partial charge in [0.15, 0.2) is 5.69 Å². The highest BCUT2D eigenvalue weighted by molar-refractivity contribution is 9.10. The van der Waals surface area contributed by atoms with Crippen LogP contribution >= 0.6 is 15.9 Å². The van der Waals surface area contributed by atoms with Crippen molar-refractivity contribution in [1.29, 1.82) is 0 Å². The Labute approximate surface area is 147 Å². The molecule has 120 valence electrons. The zero-order chi connectivity index (χ0) is 17.1. The number of para-hydroxylation sites is 1. The van der Waals surface area contributed by atoms with Crippen LogP contribution in [0.3, 0.4) is 0 Å². The fourth-order valence-electron chi connectivity index (χ4n) is 2.29. The first-order valence-corrected chi connectivity index (χ1v) is 8.07. The zero-order valence-corrected chi connectivity index (χ0v) is 14.4. The summed E-state index contributed by atoms with van der Waals surface area (Å²) < 4.78 is 2.41. The lowest BCUT2D eigenvalue weighted by molar-refractivity contribution is 0.101. The van der Waals surface area contributed by atoms with E-state index in [9.17, 15) is 9.59 Å². The molecule has 1 N–H and O–H groups in total. The molecule has 0 bridgehead atoms. The van der Waals surface area contributed by atoms with Crippen LogP contribution in [0.25, 0.3) is 5.69 Å². The quantitative estimate of drug-likeness (QED) is 0.751. The van der Waals surface area contributed by atoms with E-state index in [1.807, 2.05) is 36.4 Å². The summed E-state index contributed by atoms with van der Waals surface area (Å²) in [6, 6.07) is 17.9. The van der Waals surface area contributed by atoms with E-state index in [0.29, 0.717) is 11.4 Å². The molecule has 3 aromatic rings. The number of halogens is 1. The van der Waals surface area contributed by atoms with Crippen molar-refractivity contribution >= 4 is 27.5 Å². The van der Waals surface area contributed by atoms with E-state index in [1.165, 1.54) is 6.07 Å². The molecule has 0 aliphatic heterocycles. The average molecular weight is 384 g/mol. The second-order valence-electron chi connectivity index (χ2n) is 5.21. The van der Waals surface area contributed by atoms with Gasteiger partial charge >= 0.3 is 0 Å². The minimum absolute atomic E-state index is 0.149. The first kappa shape index (κ1) is 16.1. The van der Waals surface area contributed by atoms with E-state index in [4.69, 9.17) is 0 Å². The van der Waals surface area contributed by atoms with Gasteiger partial charge in [0.1, 0.15) is 0 Å². The van der Waals surface area contributed by atoms with Crippen molar-refractivity contribution in [3.05, 3.63) is 86.7 Å². The number of hydrogen-bond donors (Lipinski definition) is 1. The number of carbonyl (C=O) groups is 1. The van der Waals surface area contributed by atoms with Crippen molar-refractivity contribution < 1.29 is 4.79 Å². The van der Waals surface area contributed by atoms with Crippen LogP contribution in [0.1, 0.15) is 16.2 Å². The Balaban J connectivity index is 1.99. The molecule has 0 saturated heterocycles. The third-order valence-corrected chi connectivity index (χ3v) is 3.90. The van der Waals surface area contributed by atoms with Crippen LogP contribution < -0.4 is 10.7 Å². The zero-order valence-electron chi connectivity index (χ0n) is 12.9. The minimum atomic E-state index is -0.539. The average Bonchev–Trinajstić information content (AvgIpc) is 2.55. The Kier molecular flexibility index (Phi) is 4.57. The van der Waals surface area contributed by atoms with Gasteiger partial charge in [0.05, 0.1) is 5.69 Å². The molecule has 0 radical (unpaired) electrons. The number of hydrogen-bond acceptors (Lipinski definition) is 3. The Morgan fingerprint density at radius 3 is 2.54 bits per heavy atom. The fraction of sp³-hybridized carbons (Fsp3) is 0.0556. The number of amides is 1. The molecule has 2 aromatic carbocycles. The van der Waals surface area contributed by atoms with Crippen molar-refractivity contribution in [1.82, 2.24) is 9.78 Å². The first-order chi connectivity index (χ1) is 11.5. The molecule has 0 atom stereocenters. The SMILES string of the molecule is Cc1cc(=O)c(C(=O)Nc2cccc(Br)c2)nn1-c1ccccc1. The molecule has 0 aliphatic carbocycles.